The summed E-state index contributed by atoms with van der Waals surface area (Å²) in [5.74, 6) is 0.686. The normalized spacial score (nSPS) is 11.5. The molecule has 0 aliphatic carbocycles. The molecule has 0 amide bonds. The van der Waals surface area contributed by atoms with E-state index < -0.39 is 11.2 Å². The number of nitriles is 1. The van der Waals surface area contributed by atoms with Crippen LogP contribution in [0, 0.1) is 25.2 Å². The number of ether oxygens (including phenoxy) is 2. The van der Waals surface area contributed by atoms with Crippen molar-refractivity contribution in [2.75, 3.05) is 0 Å². The summed E-state index contributed by atoms with van der Waals surface area (Å²) in [5, 5.41) is 19.9. The number of aliphatic hydroxyl groups is 1. The highest BCUT2D eigenvalue weighted by molar-refractivity contribution is 6.48. The van der Waals surface area contributed by atoms with E-state index in [9.17, 15) is 9.90 Å². The Labute approximate surface area is 264 Å². The van der Waals surface area contributed by atoms with Gasteiger partial charge in [-0.3, -0.25) is 9.78 Å². The van der Waals surface area contributed by atoms with Gasteiger partial charge in [0.2, 0.25) is 0 Å². The van der Waals surface area contributed by atoms with Gasteiger partial charge in [-0.2, -0.15) is 5.26 Å². The Morgan fingerprint density at radius 3 is 2.32 bits per heavy atom. The quantitative estimate of drug-likeness (QED) is 0.141. The number of halogens is 1. The number of rotatable bonds is 12. The minimum atomic E-state index is -1.02. The Bertz CT molecular complexity index is 1710. The minimum absolute atomic E-state index is 0.113. The first-order valence-corrected chi connectivity index (χ1v) is 14.5. The van der Waals surface area contributed by atoms with Gasteiger partial charge in [0.05, 0.1) is 27.4 Å². The van der Waals surface area contributed by atoms with Gasteiger partial charge in [0.1, 0.15) is 30.8 Å². The number of aromatic nitrogens is 1. The first kappa shape index (κ1) is 32.8. The summed E-state index contributed by atoms with van der Waals surface area (Å²) in [6, 6.07) is 18.9. The molecule has 1 N–H and O–H groups in total. The third-order valence-corrected chi connectivity index (χ3v) is 8.25. The van der Waals surface area contributed by atoms with E-state index in [1.165, 1.54) is 12.3 Å². The number of aldehydes is 1. The number of hydrogen-bond acceptors (Lipinski definition) is 7. The Morgan fingerprint density at radius 1 is 0.955 bits per heavy atom. The van der Waals surface area contributed by atoms with Crippen molar-refractivity contribution in [3.8, 4) is 28.7 Å². The highest BCUT2D eigenvalue weighted by Crippen LogP contribution is 2.34. The lowest BCUT2D eigenvalue weighted by Crippen LogP contribution is -2.49. The van der Waals surface area contributed by atoms with E-state index in [-0.39, 0.29) is 23.8 Å². The second-order valence-electron chi connectivity index (χ2n) is 11.6. The Hall–Kier alpha value is -4.16. The van der Waals surface area contributed by atoms with Crippen molar-refractivity contribution in [1.82, 2.24) is 4.98 Å². The Kier molecular flexibility index (Phi) is 10.2. The van der Waals surface area contributed by atoms with Gasteiger partial charge in [0, 0.05) is 24.0 Å². The van der Waals surface area contributed by atoms with E-state index >= 15 is 0 Å². The number of benzene rings is 3. The maximum Gasteiger partial charge on any atom is 0.331 e. The van der Waals surface area contributed by atoms with Crippen molar-refractivity contribution in [2.24, 2.45) is 0 Å². The van der Waals surface area contributed by atoms with Crippen LogP contribution < -0.4 is 14.9 Å². The predicted molar refractivity (Wildman–Crippen MR) is 173 cm³/mol. The molecule has 0 aliphatic heterocycles. The molecule has 0 bridgehead atoms. The third kappa shape index (κ3) is 7.49. The number of nitrogens with zero attached hydrogens (tertiary/aromatic N) is 2. The van der Waals surface area contributed by atoms with Crippen LogP contribution in [0.5, 0.6) is 11.5 Å². The molecule has 4 aromatic rings. The molecule has 4 rings (SSSR count). The molecule has 7 nitrogen and oxygen atoms in total. The largest absolute Gasteiger partial charge is 0.488 e. The van der Waals surface area contributed by atoms with Crippen LogP contribution >= 0.6 is 11.6 Å². The van der Waals surface area contributed by atoms with Crippen LogP contribution in [-0.2, 0) is 17.9 Å². The molecular formula is C35H35BClN2O5. The molecule has 0 saturated carbocycles. The number of hydrogen-bond donors (Lipinski definition) is 1. The smallest absolute Gasteiger partial charge is 0.331 e. The van der Waals surface area contributed by atoms with E-state index in [4.69, 9.17) is 31.0 Å². The van der Waals surface area contributed by atoms with Gasteiger partial charge in [0.25, 0.3) is 0 Å². The van der Waals surface area contributed by atoms with Gasteiger partial charge in [-0.25, -0.2) is 0 Å². The van der Waals surface area contributed by atoms with Crippen LogP contribution in [0.2, 0.25) is 5.02 Å². The second-order valence-corrected chi connectivity index (χ2v) is 12.0. The standard InChI is InChI=1S/C35H35BClN2O5/c1-22-26(9-7-10-28(22)29-11-8-12-30(23(29)2)36-44-35(5,6)34(3,4)41)21-43-33-15-32(27(19-40)14-31(33)37)42-20-25-13-24(16-38)17-39-18-25/h7-15,17-19,41H,20-21H2,1-6H3. The van der Waals surface area contributed by atoms with Gasteiger partial charge < -0.3 is 19.2 Å². The summed E-state index contributed by atoms with van der Waals surface area (Å²) in [6.45, 7) is 11.6. The average molecular weight is 610 g/mol. The minimum Gasteiger partial charge on any atom is -0.488 e. The fraction of sp³-hybridized carbons (Fsp3) is 0.286. The molecule has 0 unspecified atom stereocenters. The zero-order valence-electron chi connectivity index (χ0n) is 25.8. The van der Waals surface area contributed by atoms with Crippen LogP contribution in [0.1, 0.15) is 65.9 Å². The lowest BCUT2D eigenvalue weighted by atomic mass is 9.78. The molecular weight excluding hydrogens is 575 g/mol. The predicted octanol–water partition coefficient (Wildman–Crippen LogP) is 6.67. The van der Waals surface area contributed by atoms with Crippen LogP contribution in [0.25, 0.3) is 11.1 Å². The molecule has 3 aromatic carbocycles. The van der Waals surface area contributed by atoms with Crippen molar-refractivity contribution < 1.29 is 24.0 Å². The fourth-order valence-corrected chi connectivity index (χ4v) is 4.61. The Balaban J connectivity index is 1.54. The average Bonchev–Trinajstić information content (AvgIpc) is 2.99. The van der Waals surface area contributed by atoms with E-state index in [0.717, 1.165) is 33.3 Å². The Morgan fingerprint density at radius 2 is 1.64 bits per heavy atom. The van der Waals surface area contributed by atoms with Crippen molar-refractivity contribution in [2.45, 2.75) is 66.0 Å². The molecule has 1 heterocycles. The summed E-state index contributed by atoms with van der Waals surface area (Å²) in [7, 11) is 1.71. The number of pyridine rings is 1. The lowest BCUT2D eigenvalue weighted by molar-refractivity contribution is -0.0893. The molecule has 0 saturated heterocycles. The first-order valence-electron chi connectivity index (χ1n) is 14.1. The molecule has 225 valence electrons. The molecule has 0 fully saturated rings. The van der Waals surface area contributed by atoms with E-state index in [1.807, 2.05) is 52.0 Å². The molecule has 44 heavy (non-hydrogen) atoms. The first-order chi connectivity index (χ1) is 20.8. The molecule has 9 heteroatoms. The molecule has 0 atom stereocenters. The van der Waals surface area contributed by atoms with Crippen LogP contribution in [0.3, 0.4) is 0 Å². The van der Waals surface area contributed by atoms with E-state index in [1.54, 1.807) is 39.7 Å². The highest BCUT2D eigenvalue weighted by Gasteiger charge is 2.35. The summed E-state index contributed by atoms with van der Waals surface area (Å²) in [4.78, 5) is 15.8. The van der Waals surface area contributed by atoms with E-state index in [2.05, 4.69) is 23.2 Å². The zero-order chi connectivity index (χ0) is 32.1. The molecule has 1 radical (unpaired) electrons. The molecule has 0 aliphatic rings. The third-order valence-electron chi connectivity index (χ3n) is 7.96. The highest BCUT2D eigenvalue weighted by atomic mass is 35.5. The number of carbonyl (C=O) groups is 1. The maximum atomic E-state index is 11.7. The van der Waals surface area contributed by atoms with Crippen LogP contribution in [-0.4, -0.2) is 35.1 Å². The number of carbonyl (C=O) groups excluding carboxylic acids is 1. The summed E-state index contributed by atoms with van der Waals surface area (Å²) in [6.07, 6.45) is 3.74. The molecule has 0 spiro atoms. The van der Waals surface area contributed by atoms with Gasteiger partial charge in [-0.05, 0) is 87.0 Å². The molecule has 1 aromatic heterocycles. The monoisotopic (exact) mass is 609 g/mol. The van der Waals surface area contributed by atoms with Crippen molar-refractivity contribution in [1.29, 1.82) is 5.26 Å². The van der Waals surface area contributed by atoms with Crippen LogP contribution in [0.15, 0.2) is 67.0 Å². The zero-order valence-corrected chi connectivity index (χ0v) is 26.5. The maximum absolute atomic E-state index is 11.7. The van der Waals surface area contributed by atoms with Gasteiger partial charge >= 0.3 is 7.48 Å². The van der Waals surface area contributed by atoms with Crippen molar-refractivity contribution in [3.05, 3.63) is 105 Å². The lowest BCUT2D eigenvalue weighted by Gasteiger charge is -2.37. The van der Waals surface area contributed by atoms with Crippen molar-refractivity contribution in [3.63, 3.8) is 0 Å². The van der Waals surface area contributed by atoms with Gasteiger partial charge in [-0.1, -0.05) is 48.0 Å². The summed E-state index contributed by atoms with van der Waals surface area (Å²) < 4.78 is 18.1. The second kappa shape index (κ2) is 13.6. The SMILES string of the molecule is Cc1c([B]OC(C)(C)C(C)(C)O)cccc1-c1cccc(COc2cc(OCc3cncc(C#N)c3)c(C=O)cc2Cl)c1C. The van der Waals surface area contributed by atoms with E-state index in [0.29, 0.717) is 28.9 Å². The van der Waals surface area contributed by atoms with Gasteiger partial charge in [0.15, 0.2) is 6.29 Å². The van der Waals surface area contributed by atoms with Gasteiger partial charge in [-0.15, -0.1) is 0 Å². The topological polar surface area (TPSA) is 102 Å². The summed E-state index contributed by atoms with van der Waals surface area (Å²) in [5.41, 5.74) is 5.69. The summed E-state index contributed by atoms with van der Waals surface area (Å²) >= 11 is 6.48. The fourth-order valence-electron chi connectivity index (χ4n) is 4.38. The van der Waals surface area contributed by atoms with Crippen molar-refractivity contribution >= 4 is 30.8 Å². The van der Waals surface area contributed by atoms with Crippen LogP contribution in [0.4, 0.5) is 0 Å².